The van der Waals surface area contributed by atoms with E-state index < -0.39 is 0 Å². The van der Waals surface area contributed by atoms with Crippen molar-refractivity contribution in [3.63, 3.8) is 0 Å². The maximum absolute atomic E-state index is 12.1. The maximum Gasteiger partial charge on any atom is 0.228 e. The van der Waals surface area contributed by atoms with E-state index in [1.54, 1.807) is 6.20 Å². The summed E-state index contributed by atoms with van der Waals surface area (Å²) in [5.41, 5.74) is 0.795. The highest BCUT2D eigenvalue weighted by Crippen LogP contribution is 2.20. The zero-order valence-electron chi connectivity index (χ0n) is 11.8. The molecule has 0 aliphatic carbocycles. The molecule has 0 bridgehead atoms. The fourth-order valence-electron chi connectivity index (χ4n) is 2.91. The zero-order valence-corrected chi connectivity index (χ0v) is 11.8. The van der Waals surface area contributed by atoms with E-state index in [-0.39, 0.29) is 11.8 Å². The second kappa shape index (κ2) is 6.22. The summed E-state index contributed by atoms with van der Waals surface area (Å²) in [6, 6.07) is 3.95. The number of anilines is 2. The second-order valence-corrected chi connectivity index (χ2v) is 5.63. The van der Waals surface area contributed by atoms with Crippen LogP contribution < -0.4 is 15.5 Å². The number of amides is 1. The lowest BCUT2D eigenvalue weighted by Crippen LogP contribution is -2.37. The van der Waals surface area contributed by atoms with E-state index >= 15 is 0 Å². The van der Waals surface area contributed by atoms with Crippen LogP contribution in [0.15, 0.2) is 18.3 Å². The van der Waals surface area contributed by atoms with Crippen molar-refractivity contribution in [1.82, 2.24) is 10.3 Å². The lowest BCUT2D eigenvalue weighted by Gasteiger charge is -2.22. The van der Waals surface area contributed by atoms with Crippen molar-refractivity contribution >= 4 is 17.4 Å². The first-order valence-corrected chi connectivity index (χ1v) is 7.55. The Hall–Kier alpha value is -1.62. The summed E-state index contributed by atoms with van der Waals surface area (Å²) in [7, 11) is 0. The van der Waals surface area contributed by atoms with Crippen LogP contribution in [0.4, 0.5) is 11.5 Å². The molecule has 2 fully saturated rings. The van der Waals surface area contributed by atoms with Crippen LogP contribution in [0.1, 0.15) is 25.7 Å². The predicted octanol–water partition coefficient (Wildman–Crippen LogP) is 1.62. The van der Waals surface area contributed by atoms with Gasteiger partial charge >= 0.3 is 0 Å². The second-order valence-electron chi connectivity index (χ2n) is 5.63. The third-order valence-corrected chi connectivity index (χ3v) is 4.11. The molecule has 0 spiro atoms. The lowest BCUT2D eigenvalue weighted by molar-refractivity contribution is -0.120. The minimum Gasteiger partial charge on any atom is -0.357 e. The highest BCUT2D eigenvalue weighted by Gasteiger charge is 2.21. The normalized spacial score (nSPS) is 22.8. The first-order valence-electron chi connectivity index (χ1n) is 7.55. The quantitative estimate of drug-likeness (QED) is 0.879. The van der Waals surface area contributed by atoms with Crippen molar-refractivity contribution < 1.29 is 4.79 Å². The van der Waals surface area contributed by atoms with E-state index in [0.29, 0.717) is 0 Å². The van der Waals surface area contributed by atoms with Gasteiger partial charge in [-0.2, -0.15) is 0 Å². The van der Waals surface area contributed by atoms with Crippen molar-refractivity contribution in [2.24, 2.45) is 5.92 Å². The van der Waals surface area contributed by atoms with Gasteiger partial charge in [-0.1, -0.05) is 0 Å². The molecule has 0 saturated carbocycles. The van der Waals surface area contributed by atoms with Crippen LogP contribution >= 0.6 is 0 Å². The molecule has 20 heavy (non-hydrogen) atoms. The molecule has 0 radical (unpaired) electrons. The SMILES string of the molecule is O=C(Nc1ccc(N2CCCC2)nc1)[C@@H]1CCCNC1. The Morgan fingerprint density at radius 2 is 2.15 bits per heavy atom. The molecule has 1 atom stereocenters. The van der Waals surface area contributed by atoms with Gasteiger partial charge in [0.25, 0.3) is 0 Å². The van der Waals surface area contributed by atoms with Gasteiger partial charge in [0, 0.05) is 19.6 Å². The number of piperidine rings is 1. The lowest BCUT2D eigenvalue weighted by atomic mass is 9.99. The molecule has 1 aromatic rings. The summed E-state index contributed by atoms with van der Waals surface area (Å²) < 4.78 is 0. The topological polar surface area (TPSA) is 57.3 Å². The summed E-state index contributed by atoms with van der Waals surface area (Å²) in [5, 5.41) is 6.23. The first kappa shape index (κ1) is 13.4. The number of pyridine rings is 1. The van der Waals surface area contributed by atoms with Crippen LogP contribution in [-0.4, -0.2) is 37.1 Å². The number of aromatic nitrogens is 1. The van der Waals surface area contributed by atoms with E-state index in [1.165, 1.54) is 12.8 Å². The molecule has 0 aromatic carbocycles. The van der Waals surface area contributed by atoms with E-state index in [9.17, 15) is 4.79 Å². The largest absolute Gasteiger partial charge is 0.357 e. The zero-order chi connectivity index (χ0) is 13.8. The number of rotatable bonds is 3. The summed E-state index contributed by atoms with van der Waals surface area (Å²) in [6.45, 7) is 3.99. The van der Waals surface area contributed by atoms with Crippen LogP contribution in [0, 0.1) is 5.92 Å². The molecule has 5 nitrogen and oxygen atoms in total. The molecule has 3 heterocycles. The summed E-state index contributed by atoms with van der Waals surface area (Å²) in [4.78, 5) is 18.9. The minimum atomic E-state index is 0.0852. The molecule has 2 N–H and O–H groups in total. The van der Waals surface area contributed by atoms with Crippen molar-refractivity contribution in [3.05, 3.63) is 18.3 Å². The Labute approximate surface area is 119 Å². The summed E-state index contributed by atoms with van der Waals surface area (Å²) in [6.07, 6.45) is 6.30. The molecule has 108 valence electrons. The molecular weight excluding hydrogens is 252 g/mol. The fourth-order valence-corrected chi connectivity index (χ4v) is 2.91. The molecule has 2 aliphatic heterocycles. The van der Waals surface area contributed by atoms with Crippen molar-refractivity contribution in [1.29, 1.82) is 0 Å². The number of nitrogens with zero attached hydrogens (tertiary/aromatic N) is 2. The monoisotopic (exact) mass is 274 g/mol. The Bertz CT molecular complexity index is 447. The highest BCUT2D eigenvalue weighted by molar-refractivity contribution is 5.92. The van der Waals surface area contributed by atoms with Gasteiger partial charge in [0.15, 0.2) is 0 Å². The molecule has 2 saturated heterocycles. The van der Waals surface area contributed by atoms with Gasteiger partial charge in [-0.25, -0.2) is 4.98 Å². The molecule has 0 unspecified atom stereocenters. The number of nitrogens with one attached hydrogen (secondary N) is 2. The van der Waals surface area contributed by atoms with Crippen LogP contribution in [0.2, 0.25) is 0 Å². The van der Waals surface area contributed by atoms with Gasteiger partial charge in [0.2, 0.25) is 5.91 Å². The molecule has 5 heteroatoms. The standard InChI is InChI=1S/C15H22N4O/c20-15(12-4-3-7-16-10-12)18-13-5-6-14(17-11-13)19-8-1-2-9-19/h5-6,11-12,16H,1-4,7-10H2,(H,18,20)/t12-/m1/s1. The van der Waals surface area contributed by atoms with Gasteiger partial charge in [-0.15, -0.1) is 0 Å². The van der Waals surface area contributed by atoms with Crippen LogP contribution in [-0.2, 0) is 4.79 Å². The average molecular weight is 274 g/mol. The highest BCUT2D eigenvalue weighted by atomic mass is 16.1. The van der Waals surface area contributed by atoms with E-state index in [1.807, 2.05) is 12.1 Å². The molecule has 1 amide bonds. The number of carbonyl (C=O) groups is 1. The Morgan fingerprint density at radius 3 is 2.80 bits per heavy atom. The van der Waals surface area contributed by atoms with Gasteiger partial charge in [-0.3, -0.25) is 4.79 Å². The number of hydrogen-bond donors (Lipinski definition) is 2. The van der Waals surface area contributed by atoms with Gasteiger partial charge < -0.3 is 15.5 Å². The van der Waals surface area contributed by atoms with Crippen LogP contribution in [0.25, 0.3) is 0 Å². The van der Waals surface area contributed by atoms with Crippen LogP contribution in [0.3, 0.4) is 0 Å². The number of hydrogen-bond acceptors (Lipinski definition) is 4. The van der Waals surface area contributed by atoms with Gasteiger partial charge in [0.1, 0.15) is 5.82 Å². The van der Waals surface area contributed by atoms with E-state index in [4.69, 9.17) is 0 Å². The van der Waals surface area contributed by atoms with Gasteiger partial charge in [0.05, 0.1) is 17.8 Å². The maximum atomic E-state index is 12.1. The summed E-state index contributed by atoms with van der Waals surface area (Å²) >= 11 is 0. The third-order valence-electron chi connectivity index (χ3n) is 4.11. The average Bonchev–Trinajstić information content (AvgIpc) is 3.03. The fraction of sp³-hybridized carbons (Fsp3) is 0.600. The Balaban J connectivity index is 1.58. The Morgan fingerprint density at radius 1 is 1.30 bits per heavy atom. The smallest absolute Gasteiger partial charge is 0.228 e. The molecule has 3 rings (SSSR count). The van der Waals surface area contributed by atoms with Gasteiger partial charge in [-0.05, 0) is 44.4 Å². The number of carbonyl (C=O) groups excluding carboxylic acids is 1. The predicted molar refractivity (Wildman–Crippen MR) is 79.9 cm³/mol. The Kier molecular flexibility index (Phi) is 4.16. The van der Waals surface area contributed by atoms with E-state index in [0.717, 1.165) is 50.5 Å². The van der Waals surface area contributed by atoms with Crippen molar-refractivity contribution in [2.45, 2.75) is 25.7 Å². The molecular formula is C15H22N4O. The first-order chi connectivity index (χ1) is 9.83. The van der Waals surface area contributed by atoms with E-state index in [2.05, 4.69) is 20.5 Å². The molecule has 1 aromatic heterocycles. The van der Waals surface area contributed by atoms with Crippen molar-refractivity contribution in [3.8, 4) is 0 Å². The third kappa shape index (κ3) is 3.10. The minimum absolute atomic E-state index is 0.0852. The molecule has 2 aliphatic rings. The summed E-state index contributed by atoms with van der Waals surface area (Å²) in [5.74, 6) is 1.20. The van der Waals surface area contributed by atoms with Crippen LogP contribution in [0.5, 0.6) is 0 Å². The van der Waals surface area contributed by atoms with Crippen molar-refractivity contribution in [2.75, 3.05) is 36.4 Å².